The second kappa shape index (κ2) is 8.99. The number of hydrogen-bond donors (Lipinski definition) is 1. The number of carbonyl (C=O) groups excluding carboxylic acids is 3. The van der Waals surface area contributed by atoms with Gasteiger partial charge in [-0.05, 0) is 33.3 Å². The molecular weight excluding hydrogens is 384 g/mol. The van der Waals surface area contributed by atoms with E-state index in [0.717, 1.165) is 11.0 Å². The highest BCUT2D eigenvalue weighted by Crippen LogP contribution is 2.39. The van der Waals surface area contributed by atoms with Gasteiger partial charge < -0.3 is 19.5 Å². The number of likely N-dealkylation sites (tertiary alicyclic amines) is 1. The number of aliphatic hydroxyl groups excluding tert-OH is 1. The smallest absolute Gasteiger partial charge is 0.343 e. The Hall–Kier alpha value is -3.01. The van der Waals surface area contributed by atoms with Gasteiger partial charge >= 0.3 is 11.9 Å². The SMILES string of the molecule is CCOC(=O)C1(C(=O)OCC)CC(C(C)O)CN1C(=O)c1ccccc1[N+](=O)[O-]. The molecule has 0 bridgehead atoms. The van der Waals surface area contributed by atoms with Crippen LogP contribution in [0.4, 0.5) is 5.69 Å². The van der Waals surface area contributed by atoms with Crippen molar-refractivity contribution in [2.45, 2.75) is 38.8 Å². The first-order valence-corrected chi connectivity index (χ1v) is 9.28. The van der Waals surface area contributed by atoms with E-state index in [0.29, 0.717) is 0 Å². The van der Waals surface area contributed by atoms with Crippen LogP contribution < -0.4 is 0 Å². The fourth-order valence-electron chi connectivity index (χ4n) is 3.45. The van der Waals surface area contributed by atoms with Crippen LogP contribution in [-0.4, -0.2) is 64.2 Å². The van der Waals surface area contributed by atoms with Crippen molar-refractivity contribution in [2.24, 2.45) is 5.92 Å². The highest BCUT2D eigenvalue weighted by molar-refractivity contribution is 6.11. The molecule has 29 heavy (non-hydrogen) atoms. The van der Waals surface area contributed by atoms with Crippen molar-refractivity contribution in [3.05, 3.63) is 39.9 Å². The molecule has 1 aliphatic heterocycles. The number of aliphatic hydroxyl groups is 1. The van der Waals surface area contributed by atoms with E-state index in [-0.39, 0.29) is 31.7 Å². The topological polar surface area (TPSA) is 136 Å². The van der Waals surface area contributed by atoms with Crippen LogP contribution >= 0.6 is 0 Å². The summed E-state index contributed by atoms with van der Waals surface area (Å²) in [7, 11) is 0. The standard InChI is InChI=1S/C19H24N2O8/c1-4-28-17(24)19(18(25)29-5-2)10-13(12(3)22)11-20(19)16(23)14-8-6-7-9-15(14)21(26)27/h6-9,12-13,22H,4-5,10-11H2,1-3H3. The van der Waals surface area contributed by atoms with Gasteiger partial charge in [-0.2, -0.15) is 0 Å². The van der Waals surface area contributed by atoms with Crippen molar-refractivity contribution in [3.8, 4) is 0 Å². The lowest BCUT2D eigenvalue weighted by atomic mass is 9.89. The number of ether oxygens (including phenoxy) is 2. The van der Waals surface area contributed by atoms with Crippen LogP contribution in [-0.2, 0) is 19.1 Å². The maximum Gasteiger partial charge on any atom is 0.343 e. The lowest BCUT2D eigenvalue weighted by Gasteiger charge is -2.33. The molecule has 1 aromatic rings. The second-order valence-corrected chi connectivity index (χ2v) is 6.70. The van der Waals surface area contributed by atoms with Crippen LogP contribution in [0.1, 0.15) is 37.6 Å². The number of nitro groups is 1. The minimum Gasteiger partial charge on any atom is -0.464 e. The molecule has 10 nitrogen and oxygen atoms in total. The summed E-state index contributed by atoms with van der Waals surface area (Å²) in [6, 6.07) is 5.25. The fraction of sp³-hybridized carbons (Fsp3) is 0.526. The lowest BCUT2D eigenvalue weighted by Crippen LogP contribution is -2.60. The molecular formula is C19H24N2O8. The molecule has 2 rings (SSSR count). The molecule has 10 heteroatoms. The summed E-state index contributed by atoms with van der Waals surface area (Å²) < 4.78 is 10.1. The van der Waals surface area contributed by atoms with E-state index in [2.05, 4.69) is 0 Å². The quantitative estimate of drug-likeness (QED) is 0.309. The summed E-state index contributed by atoms with van der Waals surface area (Å²) in [5.74, 6) is -3.50. The average molecular weight is 408 g/mol. The third-order valence-electron chi connectivity index (χ3n) is 4.92. The molecule has 0 spiro atoms. The van der Waals surface area contributed by atoms with Crippen molar-refractivity contribution >= 4 is 23.5 Å². The summed E-state index contributed by atoms with van der Waals surface area (Å²) in [6.07, 6.45) is -1.16. The molecule has 1 N–H and O–H groups in total. The number of rotatable bonds is 7. The second-order valence-electron chi connectivity index (χ2n) is 6.70. The van der Waals surface area contributed by atoms with Crippen LogP contribution in [0.15, 0.2) is 24.3 Å². The molecule has 0 aliphatic carbocycles. The van der Waals surface area contributed by atoms with Gasteiger partial charge in [-0.1, -0.05) is 12.1 Å². The van der Waals surface area contributed by atoms with Gasteiger partial charge in [0, 0.05) is 18.5 Å². The Morgan fingerprint density at radius 2 is 1.79 bits per heavy atom. The first-order valence-electron chi connectivity index (χ1n) is 9.28. The molecule has 2 unspecified atom stereocenters. The van der Waals surface area contributed by atoms with Gasteiger partial charge in [-0.15, -0.1) is 0 Å². The van der Waals surface area contributed by atoms with Gasteiger partial charge in [-0.25, -0.2) is 9.59 Å². The van der Waals surface area contributed by atoms with Crippen molar-refractivity contribution < 1.29 is 33.9 Å². The van der Waals surface area contributed by atoms with E-state index < -0.39 is 46.0 Å². The molecule has 1 amide bonds. The normalized spacial score (nSPS) is 18.8. The molecule has 2 atom stereocenters. The Labute approximate surface area is 167 Å². The number of carbonyl (C=O) groups is 3. The molecule has 0 aromatic heterocycles. The zero-order valence-corrected chi connectivity index (χ0v) is 16.5. The predicted octanol–water partition coefficient (Wildman–Crippen LogP) is 1.30. The van der Waals surface area contributed by atoms with E-state index >= 15 is 0 Å². The zero-order chi connectivity index (χ0) is 21.8. The zero-order valence-electron chi connectivity index (χ0n) is 16.5. The van der Waals surface area contributed by atoms with E-state index in [1.165, 1.54) is 25.1 Å². The number of nitro benzene ring substituents is 1. The van der Waals surface area contributed by atoms with Crippen LogP contribution in [0.25, 0.3) is 0 Å². The molecule has 0 radical (unpaired) electrons. The third kappa shape index (κ3) is 4.07. The summed E-state index contributed by atoms with van der Waals surface area (Å²) in [6.45, 7) is 4.31. The summed E-state index contributed by atoms with van der Waals surface area (Å²) in [4.78, 5) is 50.6. The Morgan fingerprint density at radius 3 is 2.28 bits per heavy atom. The summed E-state index contributed by atoms with van der Waals surface area (Å²) in [5, 5.41) is 21.4. The van der Waals surface area contributed by atoms with Gasteiger partial charge in [0.1, 0.15) is 5.56 Å². The van der Waals surface area contributed by atoms with E-state index in [4.69, 9.17) is 9.47 Å². The first-order chi connectivity index (χ1) is 13.7. The van der Waals surface area contributed by atoms with Gasteiger partial charge in [0.2, 0.25) is 5.54 Å². The van der Waals surface area contributed by atoms with Crippen molar-refractivity contribution in [1.29, 1.82) is 0 Å². The van der Waals surface area contributed by atoms with Gasteiger partial charge in [-0.3, -0.25) is 14.9 Å². The first kappa shape index (κ1) is 22.3. The Morgan fingerprint density at radius 1 is 1.24 bits per heavy atom. The fourth-order valence-corrected chi connectivity index (χ4v) is 3.45. The number of esters is 2. The minimum atomic E-state index is -2.13. The maximum absolute atomic E-state index is 13.3. The molecule has 0 saturated carbocycles. The van der Waals surface area contributed by atoms with Crippen LogP contribution in [0.2, 0.25) is 0 Å². The number of hydrogen-bond acceptors (Lipinski definition) is 8. The monoisotopic (exact) mass is 408 g/mol. The Balaban J connectivity index is 2.63. The summed E-state index contributed by atoms with van der Waals surface area (Å²) in [5.41, 5.74) is -2.87. The van der Waals surface area contributed by atoms with Crippen molar-refractivity contribution in [2.75, 3.05) is 19.8 Å². The van der Waals surface area contributed by atoms with E-state index in [9.17, 15) is 29.6 Å². The van der Waals surface area contributed by atoms with E-state index in [1.807, 2.05) is 0 Å². The lowest BCUT2D eigenvalue weighted by molar-refractivity contribution is -0.385. The molecule has 1 fully saturated rings. The molecule has 1 saturated heterocycles. The molecule has 1 aromatic carbocycles. The van der Waals surface area contributed by atoms with Crippen molar-refractivity contribution in [3.63, 3.8) is 0 Å². The van der Waals surface area contributed by atoms with E-state index in [1.54, 1.807) is 13.8 Å². The van der Waals surface area contributed by atoms with Gasteiger partial charge in [0.25, 0.3) is 11.6 Å². The number of amides is 1. The van der Waals surface area contributed by atoms with Gasteiger partial charge in [0.05, 0.1) is 24.2 Å². The van der Waals surface area contributed by atoms with Crippen molar-refractivity contribution in [1.82, 2.24) is 4.90 Å². The third-order valence-corrected chi connectivity index (χ3v) is 4.92. The molecule has 1 heterocycles. The van der Waals surface area contributed by atoms with Crippen LogP contribution in [0.5, 0.6) is 0 Å². The van der Waals surface area contributed by atoms with Gasteiger partial charge in [0.15, 0.2) is 0 Å². The summed E-state index contributed by atoms with van der Waals surface area (Å²) >= 11 is 0. The highest BCUT2D eigenvalue weighted by Gasteiger charge is 2.62. The number of para-hydroxylation sites is 1. The highest BCUT2D eigenvalue weighted by atomic mass is 16.6. The number of benzene rings is 1. The average Bonchev–Trinajstić information content (AvgIpc) is 3.10. The van der Waals surface area contributed by atoms with Crippen LogP contribution in [0.3, 0.4) is 0 Å². The van der Waals surface area contributed by atoms with Crippen LogP contribution in [0, 0.1) is 16.0 Å². The largest absolute Gasteiger partial charge is 0.464 e. The Kier molecular flexibility index (Phi) is 6.91. The maximum atomic E-state index is 13.3. The minimum absolute atomic E-state index is 0.0488. The number of nitrogens with zero attached hydrogens (tertiary/aromatic N) is 2. The molecule has 1 aliphatic rings. The predicted molar refractivity (Wildman–Crippen MR) is 99.9 cm³/mol. The molecule has 158 valence electrons. The Bertz CT molecular complexity index is 789.